The van der Waals surface area contributed by atoms with Crippen LogP contribution < -0.4 is 5.32 Å². The van der Waals surface area contributed by atoms with Gasteiger partial charge in [-0.15, -0.1) is 0 Å². The van der Waals surface area contributed by atoms with E-state index in [-0.39, 0.29) is 5.41 Å². The second-order valence-corrected chi connectivity index (χ2v) is 7.77. The van der Waals surface area contributed by atoms with Crippen molar-refractivity contribution in [2.24, 2.45) is 11.3 Å². The zero-order valence-electron chi connectivity index (χ0n) is 15.1. The van der Waals surface area contributed by atoms with Crippen LogP contribution in [0.3, 0.4) is 0 Å². The second kappa shape index (κ2) is 7.03. The fraction of sp³-hybridized carbons (Fsp3) is 0.579. The number of aromatic nitrogens is 2. The quantitative estimate of drug-likeness (QED) is 0.847. The molecule has 1 saturated carbocycles. The van der Waals surface area contributed by atoms with Crippen molar-refractivity contribution in [3.8, 4) is 0 Å². The third-order valence-electron chi connectivity index (χ3n) is 5.31. The van der Waals surface area contributed by atoms with Crippen LogP contribution in [0.25, 0.3) is 0 Å². The Balaban J connectivity index is 1.51. The van der Waals surface area contributed by atoms with Gasteiger partial charge in [0.25, 0.3) is 0 Å². The molecule has 5 nitrogen and oxygen atoms in total. The van der Waals surface area contributed by atoms with Crippen molar-refractivity contribution in [1.29, 1.82) is 0 Å². The van der Waals surface area contributed by atoms with Crippen molar-refractivity contribution in [2.75, 3.05) is 14.1 Å². The van der Waals surface area contributed by atoms with Gasteiger partial charge < -0.3 is 14.7 Å². The second-order valence-electron chi connectivity index (χ2n) is 7.77. The Bertz CT molecular complexity index is 650. The average Bonchev–Trinajstić information content (AvgIpc) is 2.97. The van der Waals surface area contributed by atoms with Crippen LogP contribution in [0.1, 0.15) is 37.3 Å². The van der Waals surface area contributed by atoms with E-state index in [4.69, 9.17) is 4.52 Å². The lowest BCUT2D eigenvalue weighted by Crippen LogP contribution is -2.57. The van der Waals surface area contributed by atoms with Gasteiger partial charge in [0.15, 0.2) is 5.76 Å². The molecule has 0 bridgehead atoms. The van der Waals surface area contributed by atoms with Crippen LogP contribution in [0, 0.1) is 11.3 Å². The monoisotopic (exact) mass is 328 g/mol. The van der Waals surface area contributed by atoms with E-state index in [1.807, 2.05) is 26.5 Å². The van der Waals surface area contributed by atoms with E-state index >= 15 is 0 Å². The van der Waals surface area contributed by atoms with Crippen LogP contribution in [-0.4, -0.2) is 35.2 Å². The summed E-state index contributed by atoms with van der Waals surface area (Å²) in [6.07, 6.45) is 5.88. The molecule has 130 valence electrons. The molecule has 1 aliphatic rings. The van der Waals surface area contributed by atoms with Crippen molar-refractivity contribution in [3.63, 3.8) is 0 Å². The first-order valence-corrected chi connectivity index (χ1v) is 8.66. The van der Waals surface area contributed by atoms with Crippen molar-refractivity contribution in [2.45, 2.75) is 45.8 Å². The molecule has 1 fully saturated rings. The van der Waals surface area contributed by atoms with Crippen LogP contribution in [-0.2, 0) is 19.5 Å². The van der Waals surface area contributed by atoms with Crippen molar-refractivity contribution in [1.82, 2.24) is 20.4 Å². The summed E-state index contributed by atoms with van der Waals surface area (Å²) in [7, 11) is 4.08. The van der Waals surface area contributed by atoms with E-state index in [9.17, 15) is 0 Å². The number of pyridine rings is 1. The molecule has 5 heteroatoms. The van der Waals surface area contributed by atoms with Crippen LogP contribution in [0.4, 0.5) is 0 Å². The Kier molecular flexibility index (Phi) is 5.01. The molecule has 0 unspecified atom stereocenters. The van der Waals surface area contributed by atoms with Crippen molar-refractivity contribution >= 4 is 0 Å². The minimum Gasteiger partial charge on any atom is -0.360 e. The third kappa shape index (κ3) is 3.84. The van der Waals surface area contributed by atoms with Gasteiger partial charge in [0.05, 0.1) is 12.2 Å². The maximum Gasteiger partial charge on any atom is 0.150 e. The first kappa shape index (κ1) is 17.1. The van der Waals surface area contributed by atoms with E-state index in [1.165, 1.54) is 12.0 Å². The summed E-state index contributed by atoms with van der Waals surface area (Å²) in [6, 6.07) is 6.78. The zero-order valence-corrected chi connectivity index (χ0v) is 15.1. The summed E-state index contributed by atoms with van der Waals surface area (Å²) < 4.78 is 5.43. The van der Waals surface area contributed by atoms with Gasteiger partial charge in [-0.3, -0.25) is 4.98 Å². The Morgan fingerprint density at radius 2 is 2.04 bits per heavy atom. The summed E-state index contributed by atoms with van der Waals surface area (Å²) in [5.74, 6) is 1.59. The Morgan fingerprint density at radius 3 is 2.71 bits per heavy atom. The van der Waals surface area contributed by atoms with Crippen LogP contribution in [0.15, 0.2) is 35.1 Å². The highest BCUT2D eigenvalue weighted by molar-refractivity contribution is 5.13. The summed E-state index contributed by atoms with van der Waals surface area (Å²) in [4.78, 5) is 6.16. The minimum atomic E-state index is 0.272. The van der Waals surface area contributed by atoms with Gasteiger partial charge in [-0.25, -0.2) is 0 Å². The predicted octanol–water partition coefficient (Wildman–Crippen LogP) is 2.88. The highest BCUT2D eigenvalue weighted by Gasteiger charge is 2.47. The molecule has 1 N–H and O–H groups in total. The van der Waals surface area contributed by atoms with Crippen molar-refractivity contribution in [3.05, 3.63) is 47.6 Å². The molecule has 0 radical (unpaired) electrons. The maximum atomic E-state index is 5.43. The lowest BCUT2D eigenvalue weighted by molar-refractivity contribution is 0.0125. The van der Waals surface area contributed by atoms with E-state index < -0.39 is 0 Å². The van der Waals surface area contributed by atoms with E-state index in [0.29, 0.717) is 12.0 Å². The van der Waals surface area contributed by atoms with Gasteiger partial charge in [0.1, 0.15) is 0 Å². The Labute approximate surface area is 144 Å². The summed E-state index contributed by atoms with van der Waals surface area (Å²) in [5, 5.41) is 7.94. The van der Waals surface area contributed by atoms with Gasteiger partial charge in [-0.1, -0.05) is 19.0 Å². The van der Waals surface area contributed by atoms with Gasteiger partial charge in [0.2, 0.25) is 0 Å². The molecule has 1 aliphatic carbocycles. The summed E-state index contributed by atoms with van der Waals surface area (Å²) in [6.45, 7) is 6.41. The molecule has 2 atom stereocenters. The first-order chi connectivity index (χ1) is 11.4. The van der Waals surface area contributed by atoms with E-state index in [1.54, 1.807) is 0 Å². The number of nitrogens with zero attached hydrogens (tertiary/aromatic N) is 3. The molecular weight excluding hydrogens is 300 g/mol. The fourth-order valence-corrected chi connectivity index (χ4v) is 3.54. The molecule has 0 amide bonds. The molecule has 2 heterocycles. The van der Waals surface area contributed by atoms with Gasteiger partial charge in [0, 0.05) is 31.0 Å². The normalized spacial score (nSPS) is 22.5. The molecule has 2 aromatic heterocycles. The SMILES string of the molecule is CN(C)Cc1cc(C[C@@H]2C[C@H](NCc3ccncc3)C2(C)C)no1. The van der Waals surface area contributed by atoms with Gasteiger partial charge >= 0.3 is 0 Å². The number of nitrogens with one attached hydrogen (secondary N) is 1. The zero-order chi connectivity index (χ0) is 17.2. The van der Waals surface area contributed by atoms with E-state index in [2.05, 4.69) is 52.4 Å². The van der Waals surface area contributed by atoms with Crippen LogP contribution in [0.5, 0.6) is 0 Å². The highest BCUT2D eigenvalue weighted by atomic mass is 16.5. The minimum absolute atomic E-state index is 0.272. The summed E-state index contributed by atoms with van der Waals surface area (Å²) >= 11 is 0. The molecule has 24 heavy (non-hydrogen) atoms. The summed E-state index contributed by atoms with van der Waals surface area (Å²) in [5.41, 5.74) is 2.64. The van der Waals surface area contributed by atoms with Crippen LogP contribution in [0.2, 0.25) is 0 Å². The number of rotatable bonds is 7. The lowest BCUT2D eigenvalue weighted by atomic mass is 9.57. The predicted molar refractivity (Wildman–Crippen MR) is 94.4 cm³/mol. The van der Waals surface area contributed by atoms with Gasteiger partial charge in [-0.2, -0.15) is 0 Å². The maximum absolute atomic E-state index is 5.43. The molecular formula is C19H28N4O. The standard InChI is InChI=1S/C19H28N4O/c1-19(2)15(9-16-11-17(24-22-16)13-23(3)4)10-18(19)21-12-14-5-7-20-8-6-14/h5-8,11,15,18,21H,9-10,12-13H2,1-4H3/t15-,18+/m1/s1. The highest BCUT2D eigenvalue weighted by Crippen LogP contribution is 2.47. The smallest absolute Gasteiger partial charge is 0.150 e. The lowest BCUT2D eigenvalue weighted by Gasteiger charge is -2.52. The number of hydrogen-bond acceptors (Lipinski definition) is 5. The van der Waals surface area contributed by atoms with Gasteiger partial charge in [-0.05, 0) is 56.0 Å². The topological polar surface area (TPSA) is 54.2 Å². The Hall–Kier alpha value is -1.72. The average molecular weight is 328 g/mol. The van der Waals surface area contributed by atoms with Crippen LogP contribution >= 0.6 is 0 Å². The molecule has 2 aromatic rings. The molecule has 0 saturated heterocycles. The number of hydrogen-bond donors (Lipinski definition) is 1. The van der Waals surface area contributed by atoms with Crippen molar-refractivity contribution < 1.29 is 4.52 Å². The Morgan fingerprint density at radius 1 is 1.29 bits per heavy atom. The fourth-order valence-electron chi connectivity index (χ4n) is 3.54. The largest absolute Gasteiger partial charge is 0.360 e. The molecule has 3 rings (SSSR count). The van der Waals surface area contributed by atoms with E-state index in [0.717, 1.165) is 31.0 Å². The third-order valence-corrected chi connectivity index (χ3v) is 5.31. The molecule has 0 aromatic carbocycles. The molecule has 0 spiro atoms. The first-order valence-electron chi connectivity index (χ1n) is 8.66. The molecule has 0 aliphatic heterocycles.